The monoisotopic (exact) mass is 316 g/mol. The molecule has 0 fully saturated rings. The van der Waals surface area contributed by atoms with Gasteiger partial charge in [0.05, 0.1) is 17.4 Å². The van der Waals surface area contributed by atoms with E-state index in [1.807, 2.05) is 38.1 Å². The van der Waals surface area contributed by atoms with Crippen molar-refractivity contribution in [1.29, 1.82) is 0 Å². The Morgan fingerprint density at radius 1 is 1.32 bits per heavy atom. The maximum absolute atomic E-state index is 11.2. The van der Waals surface area contributed by atoms with Crippen molar-refractivity contribution in [3.05, 3.63) is 41.2 Å². The zero-order valence-electron chi connectivity index (χ0n) is 12.4. The summed E-state index contributed by atoms with van der Waals surface area (Å²) >= 11 is 1.41. The van der Waals surface area contributed by atoms with Gasteiger partial charge in [0.15, 0.2) is 5.82 Å². The molecule has 0 aliphatic carbocycles. The lowest BCUT2D eigenvalue weighted by atomic mass is 10.0. The second kappa shape index (κ2) is 5.92. The van der Waals surface area contributed by atoms with E-state index in [0.29, 0.717) is 5.16 Å². The quantitative estimate of drug-likeness (QED) is 0.936. The molecular formula is C15H16N4O2S. The van der Waals surface area contributed by atoms with Crippen molar-refractivity contribution in [3.63, 3.8) is 0 Å². The fourth-order valence-electron chi connectivity index (χ4n) is 2.31. The van der Waals surface area contributed by atoms with Crippen LogP contribution in [-0.4, -0.2) is 36.9 Å². The van der Waals surface area contributed by atoms with E-state index in [4.69, 9.17) is 5.11 Å². The van der Waals surface area contributed by atoms with Crippen molar-refractivity contribution in [3.8, 4) is 0 Å². The van der Waals surface area contributed by atoms with E-state index in [-0.39, 0.29) is 11.7 Å². The minimum Gasteiger partial charge on any atom is -0.481 e. The van der Waals surface area contributed by atoms with Gasteiger partial charge in [0, 0.05) is 6.42 Å². The molecule has 0 amide bonds. The molecule has 1 atom stereocenters. The van der Waals surface area contributed by atoms with Crippen molar-refractivity contribution in [2.45, 2.75) is 37.1 Å². The van der Waals surface area contributed by atoms with Crippen LogP contribution in [-0.2, 0) is 11.2 Å². The first-order valence-electron chi connectivity index (χ1n) is 7.07. The summed E-state index contributed by atoms with van der Waals surface area (Å²) in [5.41, 5.74) is 2.85. The summed E-state index contributed by atoms with van der Waals surface area (Å²) in [6.45, 7) is 4.01. The fraction of sp³-hybridized carbons (Fsp3) is 0.333. The van der Waals surface area contributed by atoms with Gasteiger partial charge < -0.3 is 5.11 Å². The lowest BCUT2D eigenvalue weighted by Gasteiger charge is -2.22. The summed E-state index contributed by atoms with van der Waals surface area (Å²) in [7, 11) is 0. The first-order chi connectivity index (χ1) is 10.6. The Labute approximate surface area is 132 Å². The van der Waals surface area contributed by atoms with Crippen LogP contribution in [0.4, 0.5) is 0 Å². The summed E-state index contributed by atoms with van der Waals surface area (Å²) in [5, 5.41) is 22.4. The van der Waals surface area contributed by atoms with Crippen LogP contribution in [0.5, 0.6) is 0 Å². The summed E-state index contributed by atoms with van der Waals surface area (Å²) in [6, 6.07) is 7.96. The number of nitrogens with zero attached hydrogens (tertiary/aromatic N) is 4. The largest absolute Gasteiger partial charge is 0.481 e. The molecule has 3 rings (SSSR count). The predicted molar refractivity (Wildman–Crippen MR) is 84.4 cm³/mol. The van der Waals surface area contributed by atoms with E-state index in [1.165, 1.54) is 11.8 Å². The highest BCUT2D eigenvalue weighted by Crippen LogP contribution is 2.32. The molecule has 6 nitrogen and oxygen atoms in total. The van der Waals surface area contributed by atoms with E-state index in [9.17, 15) is 4.79 Å². The van der Waals surface area contributed by atoms with Crippen LogP contribution in [0.1, 0.15) is 30.3 Å². The van der Waals surface area contributed by atoms with Gasteiger partial charge in [-0.3, -0.25) is 4.79 Å². The molecule has 1 aromatic carbocycles. The summed E-state index contributed by atoms with van der Waals surface area (Å²) < 4.78 is 1.72. The van der Waals surface area contributed by atoms with Crippen LogP contribution in [0.3, 0.4) is 0 Å². The number of rotatable bonds is 4. The number of fused-ring (bicyclic) bond motifs is 1. The number of thioether (sulfide) groups is 1. The second-order valence-corrected chi connectivity index (χ2v) is 6.29. The number of aliphatic carboxylic acids is 1. The summed E-state index contributed by atoms with van der Waals surface area (Å²) in [4.78, 5) is 11.2. The van der Waals surface area contributed by atoms with Crippen molar-refractivity contribution < 1.29 is 9.90 Å². The number of carboxylic acids is 1. The molecule has 0 unspecified atom stereocenters. The van der Waals surface area contributed by atoms with Gasteiger partial charge in [-0.05, 0) is 12.5 Å². The van der Waals surface area contributed by atoms with Gasteiger partial charge in [0.2, 0.25) is 5.16 Å². The lowest BCUT2D eigenvalue weighted by molar-refractivity contribution is -0.136. The maximum atomic E-state index is 11.2. The van der Waals surface area contributed by atoms with Gasteiger partial charge in [-0.2, -0.15) is 9.78 Å². The molecule has 1 aliphatic heterocycles. The number of aromatic nitrogens is 3. The Morgan fingerprint density at radius 2 is 2.05 bits per heavy atom. The van der Waals surface area contributed by atoms with Crippen LogP contribution in [0.2, 0.25) is 0 Å². The smallest absolute Gasteiger partial charge is 0.304 e. The molecule has 0 saturated carbocycles. The molecule has 114 valence electrons. The van der Waals surface area contributed by atoms with Crippen molar-refractivity contribution in [2.75, 3.05) is 0 Å². The van der Waals surface area contributed by atoms with Crippen molar-refractivity contribution in [1.82, 2.24) is 14.9 Å². The number of hydrogen-bond donors (Lipinski definition) is 1. The molecule has 1 N–H and O–H groups in total. The highest BCUT2D eigenvalue weighted by atomic mass is 32.2. The predicted octanol–water partition coefficient (Wildman–Crippen LogP) is 2.35. The molecule has 0 bridgehead atoms. The van der Waals surface area contributed by atoms with Gasteiger partial charge in [-0.25, -0.2) is 0 Å². The lowest BCUT2D eigenvalue weighted by Crippen LogP contribution is -2.27. The van der Waals surface area contributed by atoms with Gasteiger partial charge in [-0.1, -0.05) is 48.5 Å². The first kappa shape index (κ1) is 14.8. The average molecular weight is 316 g/mol. The summed E-state index contributed by atoms with van der Waals surface area (Å²) in [6.07, 6.45) is 0.730. The van der Waals surface area contributed by atoms with Gasteiger partial charge in [-0.15, -0.1) is 10.2 Å². The maximum Gasteiger partial charge on any atom is 0.304 e. The fourth-order valence-corrected chi connectivity index (χ4v) is 3.42. The highest BCUT2D eigenvalue weighted by molar-refractivity contribution is 8.00. The zero-order valence-corrected chi connectivity index (χ0v) is 13.2. The molecular weight excluding hydrogens is 300 g/mol. The number of carbonyl (C=O) groups is 1. The minimum atomic E-state index is -0.846. The average Bonchev–Trinajstić information content (AvgIpc) is 2.88. The molecule has 0 radical (unpaired) electrons. The molecule has 1 aromatic heterocycles. The number of benzene rings is 1. The number of aryl methyl sites for hydroxylation is 2. The van der Waals surface area contributed by atoms with Gasteiger partial charge in [0.25, 0.3) is 0 Å². The molecule has 22 heavy (non-hydrogen) atoms. The van der Waals surface area contributed by atoms with Gasteiger partial charge >= 0.3 is 5.97 Å². The Morgan fingerprint density at radius 3 is 2.68 bits per heavy atom. The van der Waals surface area contributed by atoms with Crippen LogP contribution in [0.15, 0.2) is 34.5 Å². The Balaban J connectivity index is 2.07. The zero-order chi connectivity index (χ0) is 15.7. The Kier molecular flexibility index (Phi) is 3.98. The number of carboxylic acid groups (broad SMARTS) is 1. The molecule has 1 aliphatic rings. The molecule has 7 heteroatoms. The minimum absolute atomic E-state index is 0.00565. The van der Waals surface area contributed by atoms with Gasteiger partial charge in [0.1, 0.15) is 0 Å². The summed E-state index contributed by atoms with van der Waals surface area (Å²) in [5.74, 6) is -0.0677. The third-order valence-electron chi connectivity index (χ3n) is 3.46. The Bertz CT molecular complexity index is 737. The van der Waals surface area contributed by atoms with Crippen LogP contribution in [0, 0.1) is 6.92 Å². The van der Waals surface area contributed by atoms with Crippen LogP contribution >= 0.6 is 11.8 Å². The van der Waals surface area contributed by atoms with E-state index in [0.717, 1.165) is 29.1 Å². The van der Waals surface area contributed by atoms with Crippen molar-refractivity contribution in [2.24, 2.45) is 5.10 Å². The second-order valence-electron chi connectivity index (χ2n) is 5.12. The first-order valence-corrected chi connectivity index (χ1v) is 7.95. The van der Waals surface area contributed by atoms with Crippen LogP contribution in [0.25, 0.3) is 0 Å². The van der Waals surface area contributed by atoms with E-state index in [2.05, 4.69) is 15.3 Å². The van der Waals surface area contributed by atoms with Crippen LogP contribution < -0.4 is 0 Å². The molecule has 2 heterocycles. The van der Waals surface area contributed by atoms with Crippen molar-refractivity contribution >= 4 is 23.4 Å². The third kappa shape index (κ3) is 2.76. The SMILES string of the molecule is CCc1nnc2n1N=C(c1ccc(C)cc1)[C@@H](CC(=O)O)S2. The molecule has 2 aromatic rings. The standard InChI is InChI=1S/C15H16N4O2S/c1-3-12-16-17-15-19(12)18-14(11(22-15)8-13(20)21)10-6-4-9(2)5-7-10/h4-7,11H,3,8H2,1-2H3,(H,20,21)/t11-/m1/s1. The number of hydrogen-bond acceptors (Lipinski definition) is 5. The Hall–Kier alpha value is -2.15. The van der Waals surface area contributed by atoms with E-state index in [1.54, 1.807) is 4.68 Å². The highest BCUT2D eigenvalue weighted by Gasteiger charge is 2.30. The van der Waals surface area contributed by atoms with E-state index >= 15 is 0 Å². The molecule has 0 saturated heterocycles. The third-order valence-corrected chi connectivity index (χ3v) is 4.60. The molecule has 0 spiro atoms. The normalized spacial score (nSPS) is 17.0. The van der Waals surface area contributed by atoms with E-state index < -0.39 is 5.97 Å². The topological polar surface area (TPSA) is 80.4 Å².